The molecule has 230 valence electrons. The van der Waals surface area contributed by atoms with Gasteiger partial charge in [-0.15, -0.1) is 5.56 Å². The number of rotatable bonds is 3. The average Bonchev–Trinajstić information content (AvgIpc) is 3.46. The van der Waals surface area contributed by atoms with Gasteiger partial charge in [0.25, 0.3) is 0 Å². The summed E-state index contributed by atoms with van der Waals surface area (Å²) < 4.78 is 1.55. The summed E-state index contributed by atoms with van der Waals surface area (Å²) in [5.74, 6) is 1.20. The van der Waals surface area contributed by atoms with Crippen molar-refractivity contribution >= 4 is 3.21 Å². The van der Waals surface area contributed by atoms with Crippen molar-refractivity contribution in [3.63, 3.8) is 0 Å². The molecule has 0 amide bonds. The molecule has 3 aromatic rings. The van der Waals surface area contributed by atoms with Gasteiger partial charge in [0, 0.05) is 0 Å². The maximum atomic E-state index is 3.53. The van der Waals surface area contributed by atoms with Crippen LogP contribution in [0.25, 0.3) is 11.1 Å². The van der Waals surface area contributed by atoms with Gasteiger partial charge in [-0.2, -0.15) is 41.0 Å². The van der Waals surface area contributed by atoms with Crippen LogP contribution < -0.4 is 24.8 Å². The van der Waals surface area contributed by atoms with E-state index >= 15 is 0 Å². The standard InChI is InChI=1S/C21H25.C10H15.C9H10.2ClH.Zr/c1-20(2,3)16-9-7-14-11-15-8-10-17(21(4,5)6)13-19(15)18(14)12-16;1-7(2)10-6-8(3)5-9(10)4;1-2-6-9-7-4-3-5-8-9;;;/h7,9-10,12-13H,11H2,1-6H3;6-8H,1-4H3;3-5,7-8H,2H2,1H3;2*1H;/q2*-1;;;;+2/p-2. The summed E-state index contributed by atoms with van der Waals surface area (Å²) in [6, 6.07) is 25.7. The number of hydrogen-bond donors (Lipinski definition) is 0. The maximum Gasteiger partial charge on any atom is -1.00 e. The smallest absolute Gasteiger partial charge is 1.00 e. The van der Waals surface area contributed by atoms with Gasteiger partial charge in [0.15, 0.2) is 0 Å². The van der Waals surface area contributed by atoms with Gasteiger partial charge in [0.05, 0.1) is 0 Å². The predicted molar refractivity (Wildman–Crippen MR) is 176 cm³/mol. The fraction of sp³-hybridized carbons (Fsp3) is 0.425. The molecule has 2 aliphatic rings. The zero-order valence-corrected chi connectivity index (χ0v) is 32.1. The topological polar surface area (TPSA) is 0 Å². The van der Waals surface area contributed by atoms with E-state index in [1.165, 1.54) is 80.7 Å². The molecule has 0 aromatic heterocycles. The van der Waals surface area contributed by atoms with Crippen LogP contribution in [0.5, 0.6) is 0 Å². The van der Waals surface area contributed by atoms with E-state index in [1.54, 1.807) is 3.21 Å². The van der Waals surface area contributed by atoms with Gasteiger partial charge in [-0.25, -0.2) is 5.57 Å². The molecule has 2 aliphatic carbocycles. The summed E-state index contributed by atoms with van der Waals surface area (Å²) in [5.41, 5.74) is 13.0. The minimum atomic E-state index is 0. The Balaban J connectivity index is 0.000000355. The Morgan fingerprint density at radius 3 is 1.93 bits per heavy atom. The summed E-state index contributed by atoms with van der Waals surface area (Å²) in [7, 11) is 0. The first-order chi connectivity index (χ1) is 19.1. The van der Waals surface area contributed by atoms with E-state index in [1.807, 2.05) is 0 Å². The van der Waals surface area contributed by atoms with Crippen molar-refractivity contribution in [1.29, 1.82) is 0 Å². The quantitative estimate of drug-likeness (QED) is 0.271. The average molecular weight is 693 g/mol. The largest absolute Gasteiger partial charge is 1.00 e. The molecule has 0 saturated carbocycles. The first-order valence-corrected chi connectivity index (χ1v) is 16.5. The number of halogens is 2. The molecule has 3 heteroatoms. The van der Waals surface area contributed by atoms with Crippen LogP contribution in [0.2, 0.25) is 0 Å². The first-order valence-electron chi connectivity index (χ1n) is 15.3. The van der Waals surface area contributed by atoms with E-state index < -0.39 is 0 Å². The molecule has 0 radical (unpaired) electrons. The molecule has 5 rings (SSSR count). The van der Waals surface area contributed by atoms with Gasteiger partial charge in [-0.05, 0) is 17.4 Å². The molecular formula is C40H50Cl2Zr-2. The van der Waals surface area contributed by atoms with E-state index in [-0.39, 0.29) is 35.6 Å². The summed E-state index contributed by atoms with van der Waals surface area (Å²) >= 11 is 1.54. The van der Waals surface area contributed by atoms with Crippen molar-refractivity contribution in [2.45, 2.75) is 99.8 Å². The van der Waals surface area contributed by atoms with Crippen molar-refractivity contribution in [3.8, 4) is 11.1 Å². The number of fused-ring (bicyclic) bond motifs is 3. The number of hydrogen-bond acceptors (Lipinski definition) is 0. The van der Waals surface area contributed by atoms with Gasteiger partial charge in [0.1, 0.15) is 0 Å². The number of benzene rings is 3. The SMILES string of the molecule is CC(C)(C)c1c[c-]c2c(c1)-c1cc(C(C)(C)C)ccc1C2.CC1=[C-]C(C)C=C1C(C)C.CC[C](=[Zr+2])c1ccccc1.[Cl-].[Cl-]. The Morgan fingerprint density at radius 1 is 0.884 bits per heavy atom. The molecule has 0 bridgehead atoms. The second-order valence-electron chi connectivity index (χ2n) is 13.9. The summed E-state index contributed by atoms with van der Waals surface area (Å²) in [4.78, 5) is 0. The fourth-order valence-corrected chi connectivity index (χ4v) is 5.72. The molecule has 0 nitrogen and oxygen atoms in total. The van der Waals surface area contributed by atoms with E-state index in [4.69, 9.17) is 0 Å². The van der Waals surface area contributed by atoms with Crippen molar-refractivity contribution in [3.05, 3.63) is 118 Å². The van der Waals surface area contributed by atoms with E-state index in [0.29, 0.717) is 11.8 Å². The van der Waals surface area contributed by atoms with E-state index in [2.05, 4.69) is 155 Å². The van der Waals surface area contributed by atoms with Gasteiger partial charge in [-0.3, -0.25) is 6.08 Å². The Kier molecular flexibility index (Phi) is 15.3. The third kappa shape index (κ3) is 10.8. The third-order valence-electron chi connectivity index (χ3n) is 7.93. The van der Waals surface area contributed by atoms with Crippen LogP contribution in [0.15, 0.2) is 77.9 Å². The summed E-state index contributed by atoms with van der Waals surface area (Å²) in [5, 5.41) is 0. The zero-order valence-electron chi connectivity index (χ0n) is 28.2. The molecular weight excluding hydrogens is 643 g/mol. The van der Waals surface area contributed by atoms with Gasteiger partial charge in [0.2, 0.25) is 0 Å². The molecule has 0 heterocycles. The fourth-order valence-electron chi connectivity index (χ4n) is 5.31. The molecule has 0 spiro atoms. The van der Waals surface area contributed by atoms with Crippen molar-refractivity contribution in [1.82, 2.24) is 0 Å². The third-order valence-corrected chi connectivity index (χ3v) is 9.51. The van der Waals surface area contributed by atoms with Crippen molar-refractivity contribution in [2.75, 3.05) is 0 Å². The molecule has 3 aromatic carbocycles. The monoisotopic (exact) mass is 690 g/mol. The second-order valence-corrected chi connectivity index (χ2v) is 15.3. The van der Waals surface area contributed by atoms with Crippen LogP contribution in [-0.2, 0) is 41.5 Å². The Labute approximate surface area is 291 Å². The zero-order chi connectivity index (χ0) is 30.5. The van der Waals surface area contributed by atoms with E-state index in [9.17, 15) is 0 Å². The van der Waals surface area contributed by atoms with Crippen LogP contribution >= 0.6 is 0 Å². The van der Waals surface area contributed by atoms with Crippen LogP contribution in [0.4, 0.5) is 0 Å². The Hall–Kier alpha value is -1.53. The van der Waals surface area contributed by atoms with Crippen LogP contribution in [-0.4, -0.2) is 3.21 Å². The summed E-state index contributed by atoms with van der Waals surface area (Å²) in [6.45, 7) is 24.6. The first kappa shape index (κ1) is 39.5. The van der Waals surface area contributed by atoms with Crippen molar-refractivity contribution < 1.29 is 49.0 Å². The minimum Gasteiger partial charge on any atom is -1.00 e. The Bertz CT molecular complexity index is 1350. The Morgan fingerprint density at radius 2 is 1.47 bits per heavy atom. The number of allylic oxidation sites excluding steroid dienone is 4. The minimum absolute atomic E-state index is 0. The molecule has 1 unspecified atom stereocenters. The van der Waals surface area contributed by atoms with Gasteiger partial charge < -0.3 is 24.8 Å². The predicted octanol–water partition coefficient (Wildman–Crippen LogP) is 4.79. The van der Waals surface area contributed by atoms with E-state index in [0.717, 1.165) is 6.42 Å². The van der Waals surface area contributed by atoms with Gasteiger partial charge in [-0.1, -0.05) is 116 Å². The second kappa shape index (κ2) is 16.7. The summed E-state index contributed by atoms with van der Waals surface area (Å²) in [6.07, 6.45) is 7.89. The molecule has 1 atom stereocenters. The van der Waals surface area contributed by atoms with Crippen LogP contribution in [0.1, 0.15) is 110 Å². The normalized spacial score (nSPS) is 14.9. The molecule has 0 aliphatic heterocycles. The van der Waals surface area contributed by atoms with Crippen LogP contribution in [0.3, 0.4) is 0 Å². The van der Waals surface area contributed by atoms with Crippen LogP contribution in [0, 0.1) is 24.0 Å². The molecule has 0 N–H and O–H groups in total. The molecule has 43 heavy (non-hydrogen) atoms. The molecule has 0 saturated heterocycles. The molecule has 0 fully saturated rings. The van der Waals surface area contributed by atoms with Crippen molar-refractivity contribution in [2.24, 2.45) is 11.8 Å². The maximum absolute atomic E-state index is 3.53. The van der Waals surface area contributed by atoms with Gasteiger partial charge >= 0.3 is 76.7 Å².